The number of hydrazine groups is 1. The van der Waals surface area contributed by atoms with Crippen molar-refractivity contribution < 1.29 is 19.1 Å². The van der Waals surface area contributed by atoms with Gasteiger partial charge in [0.15, 0.2) is 11.5 Å². The van der Waals surface area contributed by atoms with Crippen LogP contribution in [-0.2, 0) is 0 Å². The lowest BCUT2D eigenvalue weighted by atomic mass is 10.2. The van der Waals surface area contributed by atoms with Gasteiger partial charge in [-0.1, -0.05) is 17.7 Å². The van der Waals surface area contributed by atoms with E-state index < -0.39 is 11.8 Å². The fourth-order valence-corrected chi connectivity index (χ4v) is 2.12. The van der Waals surface area contributed by atoms with E-state index >= 15 is 0 Å². The highest BCUT2D eigenvalue weighted by molar-refractivity contribution is 6.30. The van der Waals surface area contributed by atoms with Gasteiger partial charge in [0.05, 0.1) is 0 Å². The maximum absolute atomic E-state index is 12.0. The second-order valence-corrected chi connectivity index (χ2v) is 4.92. The van der Waals surface area contributed by atoms with Crippen LogP contribution in [0, 0.1) is 0 Å². The number of halogens is 1. The van der Waals surface area contributed by atoms with Crippen molar-refractivity contribution in [2.24, 2.45) is 0 Å². The van der Waals surface area contributed by atoms with E-state index in [1.807, 2.05) is 0 Å². The van der Waals surface area contributed by atoms with Crippen LogP contribution in [0.15, 0.2) is 42.5 Å². The molecule has 0 saturated carbocycles. The van der Waals surface area contributed by atoms with Gasteiger partial charge >= 0.3 is 0 Å². The predicted octanol–water partition coefficient (Wildman–Crippen LogP) is 2.14. The number of hydrogen-bond acceptors (Lipinski definition) is 4. The van der Waals surface area contributed by atoms with E-state index in [2.05, 4.69) is 10.9 Å². The van der Waals surface area contributed by atoms with Crippen LogP contribution in [0.4, 0.5) is 0 Å². The van der Waals surface area contributed by atoms with Crippen LogP contribution >= 0.6 is 11.6 Å². The van der Waals surface area contributed by atoms with Gasteiger partial charge < -0.3 is 9.47 Å². The van der Waals surface area contributed by atoms with E-state index in [-0.39, 0.29) is 6.79 Å². The molecule has 7 heteroatoms. The Morgan fingerprint density at radius 3 is 2.32 bits per heavy atom. The van der Waals surface area contributed by atoms with Crippen LogP contribution in [0.3, 0.4) is 0 Å². The maximum atomic E-state index is 12.0. The summed E-state index contributed by atoms with van der Waals surface area (Å²) in [7, 11) is 0. The first-order valence-corrected chi connectivity index (χ1v) is 6.77. The van der Waals surface area contributed by atoms with Gasteiger partial charge in [0.1, 0.15) is 0 Å². The van der Waals surface area contributed by atoms with Crippen LogP contribution in [0.5, 0.6) is 11.5 Å². The second-order valence-electron chi connectivity index (χ2n) is 4.49. The van der Waals surface area contributed by atoms with Crippen LogP contribution in [0.2, 0.25) is 5.02 Å². The summed E-state index contributed by atoms with van der Waals surface area (Å²) in [6.07, 6.45) is 0. The first-order chi connectivity index (χ1) is 10.6. The lowest BCUT2D eigenvalue weighted by Crippen LogP contribution is -2.41. The number of ether oxygens (including phenoxy) is 2. The third-order valence-corrected chi connectivity index (χ3v) is 3.25. The molecule has 22 heavy (non-hydrogen) atoms. The van der Waals surface area contributed by atoms with Gasteiger partial charge in [-0.05, 0) is 36.4 Å². The standard InChI is InChI=1S/C15H11ClN2O4/c16-11-3-1-2-9(6-11)14(19)17-18-15(20)10-4-5-12-13(7-10)22-8-21-12/h1-7H,8H2,(H,17,19)(H,18,20). The minimum Gasteiger partial charge on any atom is -0.454 e. The first kappa shape index (κ1) is 14.2. The molecule has 0 aromatic heterocycles. The number of nitrogens with one attached hydrogen (secondary N) is 2. The van der Waals surface area contributed by atoms with Crippen molar-refractivity contribution in [1.29, 1.82) is 0 Å². The summed E-state index contributed by atoms with van der Waals surface area (Å²) in [5.41, 5.74) is 5.34. The van der Waals surface area contributed by atoms with Crippen molar-refractivity contribution in [2.45, 2.75) is 0 Å². The first-order valence-electron chi connectivity index (χ1n) is 6.39. The Morgan fingerprint density at radius 2 is 1.59 bits per heavy atom. The molecule has 0 unspecified atom stereocenters. The fraction of sp³-hybridized carbons (Fsp3) is 0.0667. The minimum absolute atomic E-state index is 0.131. The van der Waals surface area contributed by atoms with Gasteiger partial charge in [-0.3, -0.25) is 20.4 Å². The molecule has 0 saturated heterocycles. The van der Waals surface area contributed by atoms with Crippen molar-refractivity contribution in [3.63, 3.8) is 0 Å². The summed E-state index contributed by atoms with van der Waals surface area (Å²) >= 11 is 5.81. The van der Waals surface area contributed by atoms with E-state index in [4.69, 9.17) is 21.1 Å². The van der Waals surface area contributed by atoms with E-state index in [1.165, 1.54) is 6.07 Å². The van der Waals surface area contributed by atoms with Gasteiger partial charge in [-0.2, -0.15) is 0 Å². The summed E-state index contributed by atoms with van der Waals surface area (Å²) in [6, 6.07) is 11.2. The smallest absolute Gasteiger partial charge is 0.269 e. The molecule has 2 aromatic rings. The van der Waals surface area contributed by atoms with Gasteiger partial charge in [-0.15, -0.1) is 0 Å². The highest BCUT2D eigenvalue weighted by Gasteiger charge is 2.16. The van der Waals surface area contributed by atoms with Crippen molar-refractivity contribution in [3.05, 3.63) is 58.6 Å². The molecule has 112 valence electrons. The Bertz CT molecular complexity index is 748. The minimum atomic E-state index is -0.464. The topological polar surface area (TPSA) is 76.7 Å². The molecular weight excluding hydrogens is 308 g/mol. The van der Waals surface area contributed by atoms with Gasteiger partial charge in [-0.25, -0.2) is 0 Å². The maximum Gasteiger partial charge on any atom is 0.269 e. The lowest BCUT2D eigenvalue weighted by Gasteiger charge is -2.08. The van der Waals surface area contributed by atoms with Crippen molar-refractivity contribution in [3.8, 4) is 11.5 Å². The van der Waals surface area contributed by atoms with Crippen LogP contribution < -0.4 is 20.3 Å². The third-order valence-electron chi connectivity index (χ3n) is 3.01. The molecule has 1 aliphatic heterocycles. The molecule has 0 aliphatic carbocycles. The molecule has 0 radical (unpaired) electrons. The highest BCUT2D eigenvalue weighted by Crippen LogP contribution is 2.32. The second kappa shape index (κ2) is 5.95. The average Bonchev–Trinajstić information content (AvgIpc) is 2.99. The number of benzene rings is 2. The summed E-state index contributed by atoms with van der Waals surface area (Å²) in [4.78, 5) is 23.9. The van der Waals surface area contributed by atoms with Crippen molar-refractivity contribution >= 4 is 23.4 Å². The monoisotopic (exact) mass is 318 g/mol. The molecule has 2 N–H and O–H groups in total. The number of carbonyl (C=O) groups is 2. The van der Waals surface area contributed by atoms with Gasteiger partial charge in [0, 0.05) is 16.1 Å². The van der Waals surface area contributed by atoms with Crippen molar-refractivity contribution in [1.82, 2.24) is 10.9 Å². The van der Waals surface area contributed by atoms with E-state index in [0.717, 1.165) is 0 Å². The molecule has 0 bridgehead atoms. The predicted molar refractivity (Wildman–Crippen MR) is 78.9 cm³/mol. The summed E-state index contributed by atoms with van der Waals surface area (Å²) < 4.78 is 10.4. The van der Waals surface area contributed by atoms with E-state index in [0.29, 0.717) is 27.6 Å². The molecule has 2 amide bonds. The molecule has 0 spiro atoms. The highest BCUT2D eigenvalue weighted by atomic mass is 35.5. The van der Waals surface area contributed by atoms with Crippen molar-refractivity contribution in [2.75, 3.05) is 6.79 Å². The van der Waals surface area contributed by atoms with E-state index in [1.54, 1.807) is 36.4 Å². The quantitative estimate of drug-likeness (QED) is 0.832. The summed E-state index contributed by atoms with van der Waals surface area (Å²) in [6.45, 7) is 0.131. The molecule has 0 fully saturated rings. The Balaban J connectivity index is 1.64. The summed E-state index contributed by atoms with van der Waals surface area (Å²) in [5.74, 6) is 0.151. The largest absolute Gasteiger partial charge is 0.454 e. The number of amides is 2. The zero-order valence-electron chi connectivity index (χ0n) is 11.3. The molecule has 6 nitrogen and oxygen atoms in total. The Morgan fingerprint density at radius 1 is 0.909 bits per heavy atom. The lowest BCUT2D eigenvalue weighted by molar-refractivity contribution is 0.0846. The molecule has 2 aromatic carbocycles. The number of fused-ring (bicyclic) bond motifs is 1. The molecule has 3 rings (SSSR count). The number of rotatable bonds is 2. The van der Waals surface area contributed by atoms with Crippen LogP contribution in [-0.4, -0.2) is 18.6 Å². The SMILES string of the molecule is O=C(NNC(=O)c1ccc2c(c1)OCO2)c1cccc(Cl)c1. The zero-order valence-corrected chi connectivity index (χ0v) is 12.0. The normalized spacial score (nSPS) is 11.9. The Kier molecular flexibility index (Phi) is 3.84. The van der Waals surface area contributed by atoms with Gasteiger partial charge in [0.2, 0.25) is 6.79 Å². The number of hydrogen-bond donors (Lipinski definition) is 2. The number of carbonyl (C=O) groups excluding carboxylic acids is 2. The van der Waals surface area contributed by atoms with Crippen LogP contribution in [0.25, 0.3) is 0 Å². The fourth-order valence-electron chi connectivity index (χ4n) is 1.93. The van der Waals surface area contributed by atoms with E-state index in [9.17, 15) is 9.59 Å². The summed E-state index contributed by atoms with van der Waals surface area (Å²) in [5, 5.41) is 0.440. The molecule has 0 atom stereocenters. The Hall–Kier alpha value is -2.73. The van der Waals surface area contributed by atoms with Crippen LogP contribution in [0.1, 0.15) is 20.7 Å². The average molecular weight is 319 g/mol. The third kappa shape index (κ3) is 2.96. The molecule has 1 aliphatic rings. The zero-order chi connectivity index (χ0) is 15.5. The van der Waals surface area contributed by atoms with Gasteiger partial charge in [0.25, 0.3) is 11.8 Å². The molecule has 1 heterocycles. The molecular formula is C15H11ClN2O4. The Labute approximate surface area is 131 Å².